The molecule has 0 radical (unpaired) electrons. The van der Waals surface area contributed by atoms with Crippen molar-refractivity contribution in [3.63, 3.8) is 0 Å². The smallest absolute Gasteiger partial charge is 0.323 e. The van der Waals surface area contributed by atoms with Crippen LogP contribution in [0.1, 0.15) is 45.4 Å². The summed E-state index contributed by atoms with van der Waals surface area (Å²) in [6.45, 7) is 1.90. The second-order valence-corrected chi connectivity index (χ2v) is 3.71. The summed E-state index contributed by atoms with van der Waals surface area (Å²) in [4.78, 5) is 11.3. The summed E-state index contributed by atoms with van der Waals surface area (Å²) in [6, 6.07) is -0.429. The molecule has 0 spiro atoms. The van der Waals surface area contributed by atoms with Gasteiger partial charge in [-0.1, -0.05) is 13.3 Å². The van der Waals surface area contributed by atoms with Crippen LogP contribution in [0.15, 0.2) is 0 Å². The minimum absolute atomic E-state index is 0. The maximum atomic E-state index is 11.3. The van der Waals surface area contributed by atoms with Crippen LogP contribution in [0.2, 0.25) is 0 Å². The van der Waals surface area contributed by atoms with Crippen LogP contribution in [0.25, 0.3) is 0 Å². The summed E-state index contributed by atoms with van der Waals surface area (Å²) in [5, 5.41) is 0. The molecular weight excluding hydrogens is 202 g/mol. The van der Waals surface area contributed by atoms with E-state index in [1.807, 2.05) is 6.92 Å². The van der Waals surface area contributed by atoms with Crippen molar-refractivity contribution in [2.24, 2.45) is 5.73 Å². The van der Waals surface area contributed by atoms with Crippen molar-refractivity contribution in [3.8, 4) is 0 Å². The Balaban J connectivity index is 0.00000169. The first-order valence-electron chi connectivity index (χ1n) is 5.20. The molecule has 1 atom stereocenters. The number of carbonyl (C=O) groups is 1. The number of halogens is 1. The predicted octanol–water partition coefficient (Wildman–Crippen LogP) is 2.02. The molecule has 0 heterocycles. The summed E-state index contributed by atoms with van der Waals surface area (Å²) < 4.78 is 5.28. The third-order valence-corrected chi connectivity index (χ3v) is 2.58. The van der Waals surface area contributed by atoms with E-state index >= 15 is 0 Å². The van der Waals surface area contributed by atoms with Crippen LogP contribution in [-0.4, -0.2) is 18.1 Å². The minimum atomic E-state index is -0.429. The third kappa shape index (κ3) is 4.29. The first-order valence-corrected chi connectivity index (χ1v) is 5.20. The maximum Gasteiger partial charge on any atom is 0.323 e. The fourth-order valence-electron chi connectivity index (χ4n) is 1.60. The highest BCUT2D eigenvalue weighted by atomic mass is 35.5. The van der Waals surface area contributed by atoms with E-state index in [1.54, 1.807) is 0 Å². The number of nitrogens with two attached hydrogens (primary N) is 1. The van der Waals surface area contributed by atoms with Crippen molar-refractivity contribution in [2.45, 2.75) is 57.6 Å². The van der Waals surface area contributed by atoms with E-state index in [9.17, 15) is 4.79 Å². The number of hydrogen-bond donors (Lipinski definition) is 1. The molecule has 0 saturated heterocycles. The first-order chi connectivity index (χ1) is 6.24. The lowest BCUT2D eigenvalue weighted by molar-refractivity contribution is -0.152. The van der Waals surface area contributed by atoms with Gasteiger partial charge in [0, 0.05) is 0 Å². The van der Waals surface area contributed by atoms with E-state index in [2.05, 4.69) is 0 Å². The Hall–Kier alpha value is -0.280. The van der Waals surface area contributed by atoms with E-state index in [1.165, 1.54) is 19.3 Å². The number of carbonyl (C=O) groups excluding carboxylic acids is 1. The van der Waals surface area contributed by atoms with E-state index in [0.29, 0.717) is 6.42 Å². The van der Waals surface area contributed by atoms with E-state index in [0.717, 1.165) is 12.8 Å². The van der Waals surface area contributed by atoms with Crippen LogP contribution in [0.4, 0.5) is 0 Å². The zero-order valence-electron chi connectivity index (χ0n) is 8.70. The van der Waals surface area contributed by atoms with Gasteiger partial charge in [0.25, 0.3) is 0 Å². The zero-order chi connectivity index (χ0) is 9.68. The van der Waals surface area contributed by atoms with Crippen molar-refractivity contribution in [1.29, 1.82) is 0 Å². The Labute approximate surface area is 91.8 Å². The molecular formula is C10H20ClNO2. The van der Waals surface area contributed by atoms with Gasteiger partial charge in [-0.15, -0.1) is 12.4 Å². The molecule has 1 rings (SSSR count). The van der Waals surface area contributed by atoms with E-state index in [-0.39, 0.29) is 24.5 Å². The van der Waals surface area contributed by atoms with Gasteiger partial charge in [0.15, 0.2) is 0 Å². The molecule has 0 aromatic heterocycles. The summed E-state index contributed by atoms with van der Waals surface area (Å²) >= 11 is 0. The van der Waals surface area contributed by atoms with Gasteiger partial charge in [-0.2, -0.15) is 0 Å². The molecule has 4 heteroatoms. The van der Waals surface area contributed by atoms with Gasteiger partial charge >= 0.3 is 5.97 Å². The summed E-state index contributed by atoms with van der Waals surface area (Å²) in [5.41, 5.74) is 5.56. The molecule has 14 heavy (non-hydrogen) atoms. The predicted molar refractivity (Wildman–Crippen MR) is 58.5 cm³/mol. The number of hydrogen-bond acceptors (Lipinski definition) is 3. The van der Waals surface area contributed by atoms with Crippen LogP contribution in [0.5, 0.6) is 0 Å². The van der Waals surface area contributed by atoms with Crippen LogP contribution in [0, 0.1) is 0 Å². The fraction of sp³-hybridized carbons (Fsp3) is 0.900. The van der Waals surface area contributed by atoms with Crippen LogP contribution in [0.3, 0.4) is 0 Å². The Morgan fingerprint density at radius 2 is 2.00 bits per heavy atom. The van der Waals surface area contributed by atoms with Gasteiger partial charge in [0.1, 0.15) is 12.1 Å². The SMILES string of the molecule is CC[C@H](N)C(=O)OC1CCCCC1.Cl. The highest BCUT2D eigenvalue weighted by molar-refractivity contribution is 5.85. The second kappa shape index (κ2) is 7.07. The van der Waals surface area contributed by atoms with Gasteiger partial charge in [0.05, 0.1) is 0 Å². The second-order valence-electron chi connectivity index (χ2n) is 3.71. The molecule has 84 valence electrons. The lowest BCUT2D eigenvalue weighted by Crippen LogP contribution is -2.34. The molecule has 1 saturated carbocycles. The first kappa shape index (κ1) is 13.7. The highest BCUT2D eigenvalue weighted by Crippen LogP contribution is 2.20. The molecule has 0 aliphatic heterocycles. The molecule has 2 N–H and O–H groups in total. The largest absolute Gasteiger partial charge is 0.461 e. The standard InChI is InChI=1S/C10H19NO2.ClH/c1-2-9(11)10(12)13-8-6-4-3-5-7-8;/h8-9H,2-7,11H2,1H3;1H/t9-;/m0./s1. The van der Waals surface area contributed by atoms with Crippen molar-refractivity contribution in [2.75, 3.05) is 0 Å². The summed E-state index contributed by atoms with van der Waals surface area (Å²) in [6.07, 6.45) is 6.46. The van der Waals surface area contributed by atoms with Gasteiger partial charge < -0.3 is 10.5 Å². The van der Waals surface area contributed by atoms with Crippen LogP contribution >= 0.6 is 12.4 Å². The summed E-state index contributed by atoms with van der Waals surface area (Å²) in [7, 11) is 0. The molecule has 0 aromatic carbocycles. The molecule has 1 aliphatic carbocycles. The van der Waals surface area contributed by atoms with E-state index < -0.39 is 6.04 Å². The maximum absolute atomic E-state index is 11.3. The molecule has 0 bridgehead atoms. The van der Waals surface area contributed by atoms with Crippen LogP contribution in [-0.2, 0) is 9.53 Å². The Morgan fingerprint density at radius 1 is 1.43 bits per heavy atom. The number of rotatable bonds is 3. The lowest BCUT2D eigenvalue weighted by Gasteiger charge is -2.23. The van der Waals surface area contributed by atoms with Crippen molar-refractivity contribution in [3.05, 3.63) is 0 Å². The number of esters is 1. The minimum Gasteiger partial charge on any atom is -0.461 e. The van der Waals surface area contributed by atoms with Gasteiger partial charge in [-0.05, 0) is 32.1 Å². The Kier molecular flexibility index (Phi) is 6.93. The lowest BCUT2D eigenvalue weighted by atomic mass is 9.98. The monoisotopic (exact) mass is 221 g/mol. The quantitative estimate of drug-likeness (QED) is 0.742. The van der Waals surface area contributed by atoms with Crippen molar-refractivity contribution >= 4 is 18.4 Å². The third-order valence-electron chi connectivity index (χ3n) is 2.58. The van der Waals surface area contributed by atoms with Crippen molar-refractivity contribution in [1.82, 2.24) is 0 Å². The molecule has 3 nitrogen and oxygen atoms in total. The molecule has 1 fully saturated rings. The molecule has 0 unspecified atom stereocenters. The fourth-order valence-corrected chi connectivity index (χ4v) is 1.60. The molecule has 0 aromatic rings. The highest BCUT2D eigenvalue weighted by Gasteiger charge is 2.20. The zero-order valence-corrected chi connectivity index (χ0v) is 9.52. The average molecular weight is 222 g/mol. The average Bonchev–Trinajstić information content (AvgIpc) is 2.18. The van der Waals surface area contributed by atoms with Crippen molar-refractivity contribution < 1.29 is 9.53 Å². The molecule has 0 amide bonds. The Morgan fingerprint density at radius 3 is 2.50 bits per heavy atom. The summed E-state index contributed by atoms with van der Waals surface area (Å²) in [5.74, 6) is -0.227. The van der Waals surface area contributed by atoms with Gasteiger partial charge in [-0.25, -0.2) is 0 Å². The Bertz CT molecular complexity index is 170. The molecule has 1 aliphatic rings. The van der Waals surface area contributed by atoms with E-state index in [4.69, 9.17) is 10.5 Å². The topological polar surface area (TPSA) is 52.3 Å². The number of ether oxygens (including phenoxy) is 1. The normalized spacial score (nSPS) is 19.6. The van der Waals surface area contributed by atoms with Crippen LogP contribution < -0.4 is 5.73 Å². The van der Waals surface area contributed by atoms with Gasteiger partial charge in [-0.3, -0.25) is 4.79 Å². The van der Waals surface area contributed by atoms with Gasteiger partial charge in [0.2, 0.25) is 0 Å².